The first-order valence-electron chi connectivity index (χ1n) is 23.0. The van der Waals surface area contributed by atoms with Crippen LogP contribution < -0.4 is 9.47 Å². The molecule has 0 saturated carbocycles. The Morgan fingerprint density at radius 3 is 1.40 bits per heavy atom. The van der Waals surface area contributed by atoms with E-state index in [1.165, 1.54) is 36.4 Å². The van der Waals surface area contributed by atoms with Crippen LogP contribution in [0.25, 0.3) is 0 Å². The minimum Gasteiger partial charge on any atom is -0.492 e. The fourth-order valence-corrected chi connectivity index (χ4v) is 8.59. The van der Waals surface area contributed by atoms with Crippen LogP contribution in [0, 0.1) is 0 Å². The van der Waals surface area contributed by atoms with E-state index in [0.29, 0.717) is 57.3 Å². The molecular weight excluding hydrogens is 889 g/mol. The Balaban J connectivity index is 0.000000254. The molecule has 4 aliphatic heterocycles. The Bertz CT molecular complexity index is 2100. The molecule has 68 heavy (non-hydrogen) atoms. The number of hydrogen-bond donors (Lipinski definition) is 4. The molecular formula is C48H68N4O16. The van der Waals surface area contributed by atoms with Crippen LogP contribution in [-0.2, 0) is 18.9 Å². The normalized spacial score (nSPS) is 22.1. The highest BCUT2D eigenvalue weighted by molar-refractivity contribution is 6.02. The van der Waals surface area contributed by atoms with Gasteiger partial charge < -0.3 is 63.5 Å². The maximum absolute atomic E-state index is 12.3. The second kappa shape index (κ2) is 23.1. The number of ether oxygens (including phenoxy) is 6. The third kappa shape index (κ3) is 16.0. The van der Waals surface area contributed by atoms with E-state index in [-0.39, 0.29) is 71.0 Å². The molecule has 20 nitrogen and oxygen atoms in total. The van der Waals surface area contributed by atoms with Gasteiger partial charge in [-0.15, -0.1) is 0 Å². The van der Waals surface area contributed by atoms with Gasteiger partial charge in [0.05, 0.1) is 46.7 Å². The van der Waals surface area contributed by atoms with Crippen molar-refractivity contribution < 1.29 is 77.6 Å². The molecule has 0 aliphatic carbocycles. The van der Waals surface area contributed by atoms with Crippen molar-refractivity contribution in [2.24, 2.45) is 0 Å². The number of carbonyl (C=O) groups excluding carboxylic acids is 2. The number of likely N-dealkylation sites (N-methyl/N-ethyl adjacent to an activating group) is 2. The van der Waals surface area contributed by atoms with Crippen molar-refractivity contribution in [3.05, 3.63) is 58.7 Å². The number of likely N-dealkylation sites (tertiary alicyclic amines) is 4. The summed E-state index contributed by atoms with van der Waals surface area (Å²) in [5.74, 6) is -4.60. The molecule has 4 aliphatic rings. The molecule has 0 radical (unpaired) electrons. The number of amides is 2. The van der Waals surface area contributed by atoms with Gasteiger partial charge in [-0.2, -0.15) is 0 Å². The van der Waals surface area contributed by atoms with E-state index in [9.17, 15) is 44.1 Å². The van der Waals surface area contributed by atoms with E-state index in [0.717, 1.165) is 45.2 Å². The maximum atomic E-state index is 12.3. The number of rotatable bonds is 13. The lowest BCUT2D eigenvalue weighted by Crippen LogP contribution is -2.49. The Kier molecular flexibility index (Phi) is 18.1. The van der Waals surface area contributed by atoms with Crippen LogP contribution in [0.15, 0.2) is 36.4 Å². The lowest BCUT2D eigenvalue weighted by atomic mass is 10.0. The Morgan fingerprint density at radius 2 is 0.956 bits per heavy atom. The molecule has 376 valence electrons. The van der Waals surface area contributed by atoms with Crippen LogP contribution in [-0.4, -0.2) is 190 Å². The number of piperidine rings is 3. The summed E-state index contributed by atoms with van der Waals surface area (Å²) >= 11 is 0. The Labute approximate surface area is 396 Å². The summed E-state index contributed by atoms with van der Waals surface area (Å²) in [6.07, 6.45) is 3.63. The molecule has 4 heterocycles. The third-order valence-electron chi connectivity index (χ3n) is 11.8. The second-order valence-electron chi connectivity index (χ2n) is 19.8. The summed E-state index contributed by atoms with van der Waals surface area (Å²) in [5, 5.41) is 37.0. The van der Waals surface area contributed by atoms with Crippen LogP contribution in [0.1, 0.15) is 121 Å². The number of carbonyl (C=O) groups is 6. The number of hydrogen-bond acceptors (Lipinski definition) is 14. The first-order valence-corrected chi connectivity index (χ1v) is 23.0. The number of aromatic carboxylic acids is 4. The van der Waals surface area contributed by atoms with Crippen LogP contribution in [0.4, 0.5) is 9.59 Å². The summed E-state index contributed by atoms with van der Waals surface area (Å²) in [4.78, 5) is 77.5. The average molecular weight is 957 g/mol. The molecule has 6 rings (SSSR count). The van der Waals surface area contributed by atoms with Crippen molar-refractivity contribution in [2.45, 2.75) is 128 Å². The summed E-state index contributed by atoms with van der Waals surface area (Å²) in [6.45, 7) is 15.9. The first kappa shape index (κ1) is 53.3. The van der Waals surface area contributed by atoms with Gasteiger partial charge >= 0.3 is 36.1 Å². The SMILES string of the molecule is CN1C[C@H](OC2CCN(C(=O)OC(C)(C)C)CC2)C[C@H]1COc1ccc(C(=O)O)c(C(=O)O)c1.CN1C[C@H](Oc2ccc(C(=O)O)c(C(=O)O)c2)C[C@@H](OC2CCN(C(=O)OC(C)(C)C)CC2)C1. The van der Waals surface area contributed by atoms with Crippen LogP contribution in [0.5, 0.6) is 11.5 Å². The smallest absolute Gasteiger partial charge is 0.410 e. The number of nitrogens with zero attached hydrogens (tertiary/aromatic N) is 4. The van der Waals surface area contributed by atoms with Crippen molar-refractivity contribution in [2.75, 3.05) is 66.5 Å². The molecule has 20 heteroatoms. The standard InChI is InChI=1S/2C24H34N2O8/c1-24(2,3)34-23(31)26-9-7-16(8-10-26)33-18-11-15(25(4)13-18)14-32-17-5-6-19(21(27)28)20(12-17)22(29)30;1-24(2,3)34-23(31)26-9-7-15(8-10-26)32-17-11-18(14-25(4)13-17)33-16-5-6-19(21(27)28)20(12-16)22(29)30/h5-6,12,15-16,18H,7-11,13-14H2,1-4H3,(H,27,28)(H,29,30);5-6,12,15,17-18H,7-11,13-14H2,1-4H3,(H,27,28)(H,29,30)/t15-,18+;17-,18-/m01/s1. The zero-order chi connectivity index (χ0) is 50.1. The topological polar surface area (TPSA) is 252 Å². The van der Waals surface area contributed by atoms with Crippen molar-refractivity contribution in [3.8, 4) is 11.5 Å². The second-order valence-corrected chi connectivity index (χ2v) is 19.8. The van der Waals surface area contributed by atoms with E-state index in [4.69, 9.17) is 33.5 Å². The van der Waals surface area contributed by atoms with Crippen LogP contribution in [0.2, 0.25) is 0 Å². The fraction of sp³-hybridized carbons (Fsp3) is 0.625. The van der Waals surface area contributed by atoms with Crippen molar-refractivity contribution in [3.63, 3.8) is 0 Å². The van der Waals surface area contributed by atoms with Gasteiger partial charge in [0, 0.05) is 58.3 Å². The van der Waals surface area contributed by atoms with Gasteiger partial charge in [0.15, 0.2) is 0 Å². The molecule has 0 spiro atoms. The van der Waals surface area contributed by atoms with E-state index in [1.807, 2.05) is 55.6 Å². The van der Waals surface area contributed by atoms with Gasteiger partial charge in [0.1, 0.15) is 35.4 Å². The van der Waals surface area contributed by atoms with Gasteiger partial charge in [-0.3, -0.25) is 4.90 Å². The van der Waals surface area contributed by atoms with Crippen LogP contribution in [0.3, 0.4) is 0 Å². The highest BCUT2D eigenvalue weighted by Crippen LogP contribution is 2.28. The molecule has 0 unspecified atom stereocenters. The molecule has 4 atom stereocenters. The zero-order valence-electron chi connectivity index (χ0n) is 40.3. The Hall–Kier alpha value is -5.70. The maximum Gasteiger partial charge on any atom is 0.410 e. The van der Waals surface area contributed by atoms with Gasteiger partial charge in [0.2, 0.25) is 0 Å². The summed E-state index contributed by atoms with van der Waals surface area (Å²) in [7, 11) is 3.95. The van der Waals surface area contributed by atoms with E-state index >= 15 is 0 Å². The third-order valence-corrected chi connectivity index (χ3v) is 11.8. The lowest BCUT2D eigenvalue weighted by Gasteiger charge is -2.39. The number of carboxylic acid groups (broad SMARTS) is 4. The minimum absolute atomic E-state index is 0.0318. The van der Waals surface area contributed by atoms with Gasteiger partial charge in [-0.05, 0) is 124 Å². The molecule has 0 bridgehead atoms. The Morgan fingerprint density at radius 1 is 0.544 bits per heavy atom. The predicted octanol–water partition coefficient (Wildman–Crippen LogP) is 5.90. The summed E-state index contributed by atoms with van der Waals surface area (Å²) < 4.78 is 35.3. The predicted molar refractivity (Wildman–Crippen MR) is 245 cm³/mol. The highest BCUT2D eigenvalue weighted by atomic mass is 16.6. The molecule has 4 fully saturated rings. The molecule has 4 N–H and O–H groups in total. The minimum atomic E-state index is -1.32. The summed E-state index contributed by atoms with van der Waals surface area (Å²) in [6, 6.07) is 8.02. The number of benzene rings is 2. The van der Waals surface area contributed by atoms with Crippen LogP contribution >= 0.6 is 0 Å². The largest absolute Gasteiger partial charge is 0.492 e. The average Bonchev–Trinajstić information content (AvgIpc) is 3.59. The highest BCUT2D eigenvalue weighted by Gasteiger charge is 2.36. The first-order chi connectivity index (χ1) is 31.8. The van der Waals surface area contributed by atoms with Crippen molar-refractivity contribution >= 4 is 36.1 Å². The zero-order valence-corrected chi connectivity index (χ0v) is 40.3. The number of carboxylic acids is 4. The van der Waals surface area contributed by atoms with E-state index < -0.39 is 35.1 Å². The van der Waals surface area contributed by atoms with Crippen molar-refractivity contribution in [1.29, 1.82) is 0 Å². The quantitative estimate of drug-likeness (QED) is 0.182. The monoisotopic (exact) mass is 956 g/mol. The summed E-state index contributed by atoms with van der Waals surface area (Å²) in [5.41, 5.74) is -2.19. The van der Waals surface area contributed by atoms with Gasteiger partial charge in [-0.1, -0.05) is 0 Å². The molecule has 0 aromatic heterocycles. The molecule has 2 aromatic carbocycles. The van der Waals surface area contributed by atoms with Gasteiger partial charge in [-0.25, -0.2) is 28.8 Å². The van der Waals surface area contributed by atoms with E-state index in [1.54, 1.807) is 9.80 Å². The fourth-order valence-electron chi connectivity index (χ4n) is 8.59. The van der Waals surface area contributed by atoms with E-state index in [2.05, 4.69) is 9.80 Å². The van der Waals surface area contributed by atoms with Crippen molar-refractivity contribution in [1.82, 2.24) is 19.6 Å². The molecule has 2 aromatic rings. The van der Waals surface area contributed by atoms with Gasteiger partial charge in [0.25, 0.3) is 0 Å². The molecule has 2 amide bonds. The lowest BCUT2D eigenvalue weighted by molar-refractivity contribution is -0.0863. The molecule has 4 saturated heterocycles.